The standard InChI is InChI=1S/C22H25N3O5S2/c1-30-19-7-3-2-6-17(19)24-32(28,29)16-8-9-20-18(13-16)23-22(27)15(14-31-20)12-21(26)25-10-4-5-11-25/h2-3,6-9,13,15,24H,4-5,10-12,14H2,1H3,(H,23,27)/t15-/m0/s1. The molecule has 1 atom stereocenters. The highest BCUT2D eigenvalue weighted by Gasteiger charge is 2.30. The Bertz CT molecular complexity index is 1130. The van der Waals surface area contributed by atoms with Crippen LogP contribution in [0.2, 0.25) is 0 Å². The summed E-state index contributed by atoms with van der Waals surface area (Å²) in [6, 6.07) is 11.4. The maximum absolute atomic E-state index is 12.9. The van der Waals surface area contributed by atoms with Crippen LogP contribution in [-0.2, 0) is 19.6 Å². The summed E-state index contributed by atoms with van der Waals surface area (Å²) in [7, 11) is -2.44. The maximum atomic E-state index is 12.9. The molecule has 0 saturated carbocycles. The Kier molecular flexibility index (Phi) is 6.61. The van der Waals surface area contributed by atoms with Gasteiger partial charge in [0.1, 0.15) is 5.75 Å². The molecule has 2 aromatic carbocycles. The molecule has 4 rings (SSSR count). The van der Waals surface area contributed by atoms with E-state index in [0.29, 0.717) is 22.9 Å². The third-order valence-corrected chi connectivity index (χ3v) is 8.16. The molecule has 2 aliphatic rings. The molecule has 2 heterocycles. The largest absolute Gasteiger partial charge is 0.495 e. The van der Waals surface area contributed by atoms with Crippen molar-refractivity contribution in [3.05, 3.63) is 42.5 Å². The summed E-state index contributed by atoms with van der Waals surface area (Å²) in [5, 5.41) is 2.82. The number of anilines is 2. The van der Waals surface area contributed by atoms with Crippen molar-refractivity contribution in [1.82, 2.24) is 4.90 Å². The molecule has 32 heavy (non-hydrogen) atoms. The summed E-state index contributed by atoms with van der Waals surface area (Å²) in [6.07, 6.45) is 2.17. The van der Waals surface area contributed by atoms with Crippen LogP contribution >= 0.6 is 11.8 Å². The number of ether oxygens (including phenoxy) is 1. The number of rotatable bonds is 6. The first-order valence-corrected chi connectivity index (χ1v) is 12.9. The van der Waals surface area contributed by atoms with Gasteiger partial charge in [-0.15, -0.1) is 11.8 Å². The average Bonchev–Trinajstić information content (AvgIpc) is 3.27. The summed E-state index contributed by atoms with van der Waals surface area (Å²) in [4.78, 5) is 27.9. The number of hydrogen-bond acceptors (Lipinski definition) is 6. The highest BCUT2D eigenvalue weighted by Crippen LogP contribution is 2.36. The van der Waals surface area contributed by atoms with Gasteiger partial charge in [-0.3, -0.25) is 14.3 Å². The number of fused-ring (bicyclic) bond motifs is 1. The fourth-order valence-electron chi connectivity index (χ4n) is 3.79. The van der Waals surface area contributed by atoms with Crippen molar-refractivity contribution < 1.29 is 22.7 Å². The van der Waals surface area contributed by atoms with E-state index in [0.717, 1.165) is 30.8 Å². The third kappa shape index (κ3) is 4.86. The highest BCUT2D eigenvalue weighted by molar-refractivity contribution is 7.99. The number of methoxy groups -OCH3 is 1. The Morgan fingerprint density at radius 1 is 1.22 bits per heavy atom. The molecule has 10 heteroatoms. The number of likely N-dealkylation sites (tertiary alicyclic amines) is 1. The SMILES string of the molecule is COc1ccccc1NS(=O)(=O)c1ccc2c(c1)NC(=O)[C@@H](CC(=O)N1CCCC1)CS2. The Balaban J connectivity index is 1.51. The molecular weight excluding hydrogens is 450 g/mol. The lowest BCUT2D eigenvalue weighted by Gasteiger charge is -2.18. The molecule has 0 bridgehead atoms. The van der Waals surface area contributed by atoms with Crippen LogP contribution in [0.5, 0.6) is 5.75 Å². The van der Waals surface area contributed by atoms with Crippen LogP contribution in [0.3, 0.4) is 0 Å². The van der Waals surface area contributed by atoms with Gasteiger partial charge in [-0.05, 0) is 43.2 Å². The lowest BCUT2D eigenvalue weighted by Crippen LogP contribution is -2.33. The van der Waals surface area contributed by atoms with Crippen LogP contribution in [-0.4, -0.2) is 51.1 Å². The number of amides is 2. The van der Waals surface area contributed by atoms with Crippen LogP contribution in [0.25, 0.3) is 0 Å². The van der Waals surface area contributed by atoms with E-state index < -0.39 is 15.9 Å². The number of nitrogens with zero attached hydrogens (tertiary/aromatic N) is 1. The number of hydrogen-bond donors (Lipinski definition) is 2. The Hall–Kier alpha value is -2.72. The van der Waals surface area contributed by atoms with Crippen molar-refractivity contribution in [2.75, 3.05) is 36.0 Å². The van der Waals surface area contributed by atoms with Gasteiger partial charge in [0, 0.05) is 30.2 Å². The van der Waals surface area contributed by atoms with Crippen LogP contribution in [0.1, 0.15) is 19.3 Å². The number of thioether (sulfide) groups is 1. The maximum Gasteiger partial charge on any atom is 0.262 e. The summed E-state index contributed by atoms with van der Waals surface area (Å²) in [5.74, 6) is 0.131. The molecule has 170 valence electrons. The first kappa shape index (κ1) is 22.5. The van der Waals surface area contributed by atoms with Crippen molar-refractivity contribution in [3.63, 3.8) is 0 Å². The van der Waals surface area contributed by atoms with Gasteiger partial charge in [0.25, 0.3) is 10.0 Å². The molecular formula is C22H25N3O5S2. The smallest absolute Gasteiger partial charge is 0.262 e. The van der Waals surface area contributed by atoms with E-state index in [-0.39, 0.29) is 23.1 Å². The number of nitrogens with one attached hydrogen (secondary N) is 2. The molecule has 0 unspecified atom stereocenters. The Labute approximate surface area is 191 Å². The summed E-state index contributed by atoms with van der Waals surface area (Å²) >= 11 is 1.45. The van der Waals surface area contributed by atoms with E-state index in [4.69, 9.17) is 4.74 Å². The van der Waals surface area contributed by atoms with Gasteiger partial charge in [-0.1, -0.05) is 12.1 Å². The fourth-order valence-corrected chi connectivity index (χ4v) is 5.97. The van der Waals surface area contributed by atoms with Gasteiger partial charge >= 0.3 is 0 Å². The van der Waals surface area contributed by atoms with Crippen molar-refractivity contribution in [1.29, 1.82) is 0 Å². The van der Waals surface area contributed by atoms with Crippen molar-refractivity contribution >= 4 is 45.0 Å². The summed E-state index contributed by atoms with van der Waals surface area (Å²) in [5.41, 5.74) is 0.753. The predicted molar refractivity (Wildman–Crippen MR) is 124 cm³/mol. The van der Waals surface area contributed by atoms with Crippen molar-refractivity contribution in [2.24, 2.45) is 5.92 Å². The topological polar surface area (TPSA) is 105 Å². The first-order chi connectivity index (χ1) is 15.4. The molecule has 1 saturated heterocycles. The molecule has 0 radical (unpaired) electrons. The molecule has 0 aliphatic carbocycles. The van der Waals surface area contributed by atoms with Gasteiger partial charge in [-0.25, -0.2) is 8.42 Å². The highest BCUT2D eigenvalue weighted by atomic mass is 32.2. The minimum absolute atomic E-state index is 0.00141. The van der Waals surface area contributed by atoms with Gasteiger partial charge < -0.3 is 15.0 Å². The zero-order valence-corrected chi connectivity index (χ0v) is 19.3. The number of para-hydroxylation sites is 2. The zero-order valence-electron chi connectivity index (χ0n) is 17.7. The zero-order chi connectivity index (χ0) is 22.7. The van der Waals surface area contributed by atoms with E-state index >= 15 is 0 Å². The molecule has 2 aromatic rings. The average molecular weight is 476 g/mol. The molecule has 8 nitrogen and oxygen atoms in total. The summed E-state index contributed by atoms with van der Waals surface area (Å²) < 4.78 is 33.6. The van der Waals surface area contributed by atoms with E-state index in [2.05, 4.69) is 10.0 Å². The second-order valence-electron chi connectivity index (χ2n) is 7.75. The molecule has 2 N–H and O–H groups in total. The first-order valence-electron chi connectivity index (χ1n) is 10.4. The fraction of sp³-hybridized carbons (Fsp3) is 0.364. The number of sulfonamides is 1. The molecule has 0 spiro atoms. The van der Waals surface area contributed by atoms with E-state index in [1.807, 2.05) is 4.90 Å². The minimum Gasteiger partial charge on any atom is -0.495 e. The molecule has 2 amide bonds. The van der Waals surface area contributed by atoms with Crippen LogP contribution < -0.4 is 14.8 Å². The summed E-state index contributed by atoms with van der Waals surface area (Å²) in [6.45, 7) is 1.50. The number of carbonyl (C=O) groups excluding carboxylic acids is 2. The van der Waals surface area contributed by atoms with Gasteiger partial charge in [0.2, 0.25) is 11.8 Å². The molecule has 1 fully saturated rings. The second-order valence-corrected chi connectivity index (χ2v) is 10.5. The van der Waals surface area contributed by atoms with Crippen molar-refractivity contribution in [3.8, 4) is 5.75 Å². The van der Waals surface area contributed by atoms with Crippen LogP contribution in [0, 0.1) is 5.92 Å². The van der Waals surface area contributed by atoms with Crippen LogP contribution in [0.4, 0.5) is 11.4 Å². The minimum atomic E-state index is -3.90. The van der Waals surface area contributed by atoms with E-state index in [1.165, 1.54) is 31.0 Å². The van der Waals surface area contributed by atoms with E-state index in [9.17, 15) is 18.0 Å². The van der Waals surface area contributed by atoms with Crippen molar-refractivity contribution in [2.45, 2.75) is 29.1 Å². The lowest BCUT2D eigenvalue weighted by atomic mass is 10.1. The third-order valence-electron chi connectivity index (χ3n) is 5.56. The van der Waals surface area contributed by atoms with Gasteiger partial charge in [0.05, 0.1) is 29.3 Å². The normalized spacial score (nSPS) is 18.5. The predicted octanol–water partition coefficient (Wildman–Crippen LogP) is 3.17. The molecule has 0 aromatic heterocycles. The molecule has 2 aliphatic heterocycles. The van der Waals surface area contributed by atoms with Crippen LogP contribution in [0.15, 0.2) is 52.3 Å². The Morgan fingerprint density at radius 2 is 1.97 bits per heavy atom. The second kappa shape index (κ2) is 9.41. The monoisotopic (exact) mass is 475 g/mol. The quantitative estimate of drug-likeness (QED) is 0.665. The Morgan fingerprint density at radius 3 is 2.72 bits per heavy atom. The number of benzene rings is 2. The lowest BCUT2D eigenvalue weighted by molar-refractivity contribution is -0.133. The number of carbonyl (C=O) groups is 2. The van der Waals surface area contributed by atoms with Gasteiger partial charge in [0.15, 0.2) is 0 Å². The van der Waals surface area contributed by atoms with Gasteiger partial charge in [-0.2, -0.15) is 0 Å². The van der Waals surface area contributed by atoms with E-state index in [1.54, 1.807) is 30.3 Å².